The Kier molecular flexibility index (Phi) is 4.43. The van der Waals surface area contributed by atoms with E-state index in [9.17, 15) is 9.46 Å². The molecule has 0 aliphatic rings. The van der Waals surface area contributed by atoms with Gasteiger partial charge in [-0.05, 0) is 30.6 Å². The first-order valence-corrected chi connectivity index (χ1v) is 4.15. The summed E-state index contributed by atoms with van der Waals surface area (Å²) in [6.45, 7) is 3.65. The quantitative estimate of drug-likeness (QED) is 0.490. The molecule has 0 amide bonds. The predicted octanol–water partition coefficient (Wildman–Crippen LogP) is 0.304. The summed E-state index contributed by atoms with van der Waals surface area (Å²) in [6.07, 6.45) is 0. The Balaban J connectivity index is 3.54. The second kappa shape index (κ2) is 4.55. The lowest BCUT2D eigenvalue weighted by atomic mass is 10.4. The molecule has 0 aliphatic carbocycles. The first-order valence-electron chi connectivity index (χ1n) is 2.65. The zero-order valence-corrected chi connectivity index (χ0v) is 7.37. The van der Waals surface area contributed by atoms with Crippen molar-refractivity contribution in [1.82, 2.24) is 5.32 Å². The standard InChI is InChI=1S/C4H8NO3PS/c1-3(2)5-4(10)8-9(6)7/h3H,1-2H3,(H,5,10). The summed E-state index contributed by atoms with van der Waals surface area (Å²) in [7, 11) is -2.87. The summed E-state index contributed by atoms with van der Waals surface area (Å²) < 4.78 is 14.0. The highest BCUT2D eigenvalue weighted by Crippen LogP contribution is 2.08. The summed E-state index contributed by atoms with van der Waals surface area (Å²) in [6, 6.07) is 0.0856. The molecule has 0 radical (unpaired) electrons. The fourth-order valence-electron chi connectivity index (χ4n) is 0.330. The Labute approximate surface area is 65.5 Å². The normalized spacial score (nSPS) is 11.0. The first kappa shape index (κ1) is 9.75. The van der Waals surface area contributed by atoms with Crippen molar-refractivity contribution >= 4 is 25.6 Å². The molecule has 1 N–H and O–H groups in total. The fraction of sp³-hybridized carbons (Fsp3) is 0.750. The highest BCUT2D eigenvalue weighted by Gasteiger charge is 2.07. The second-order valence-corrected chi connectivity index (χ2v) is 2.90. The highest BCUT2D eigenvalue weighted by atomic mass is 32.1. The van der Waals surface area contributed by atoms with Crippen LogP contribution in [-0.4, -0.2) is 11.2 Å². The number of thiocarbonyl (C=S) groups is 1. The molecule has 0 aromatic heterocycles. The molecule has 0 aliphatic heterocycles. The Morgan fingerprint density at radius 2 is 2.30 bits per heavy atom. The van der Waals surface area contributed by atoms with Crippen LogP contribution in [0.5, 0.6) is 0 Å². The van der Waals surface area contributed by atoms with Crippen LogP contribution < -0.4 is 10.2 Å². The van der Waals surface area contributed by atoms with E-state index in [4.69, 9.17) is 0 Å². The SMILES string of the molecule is CC(C)NC(=S)O[P+](=O)[O-]. The van der Waals surface area contributed by atoms with E-state index in [-0.39, 0.29) is 11.2 Å². The maximum absolute atomic E-state index is 9.88. The molecule has 10 heavy (non-hydrogen) atoms. The van der Waals surface area contributed by atoms with E-state index in [1.165, 1.54) is 0 Å². The van der Waals surface area contributed by atoms with E-state index in [1.54, 1.807) is 0 Å². The molecule has 0 bridgehead atoms. The molecule has 0 fully saturated rings. The first-order chi connectivity index (χ1) is 4.52. The van der Waals surface area contributed by atoms with Gasteiger partial charge in [0, 0.05) is 6.04 Å². The third-order valence-electron chi connectivity index (χ3n) is 0.564. The van der Waals surface area contributed by atoms with Gasteiger partial charge in [-0.2, -0.15) is 0 Å². The minimum Gasteiger partial charge on any atom is -0.558 e. The van der Waals surface area contributed by atoms with Gasteiger partial charge in [-0.15, -0.1) is 0 Å². The number of rotatable bonds is 2. The van der Waals surface area contributed by atoms with Crippen LogP contribution in [0.1, 0.15) is 13.8 Å². The third kappa shape index (κ3) is 5.88. The van der Waals surface area contributed by atoms with Crippen molar-refractivity contribution in [3.8, 4) is 0 Å². The Bertz CT molecular complexity index is 149. The van der Waals surface area contributed by atoms with Gasteiger partial charge >= 0.3 is 13.4 Å². The highest BCUT2D eigenvalue weighted by molar-refractivity contribution is 7.80. The van der Waals surface area contributed by atoms with Crippen molar-refractivity contribution in [3.63, 3.8) is 0 Å². The van der Waals surface area contributed by atoms with Gasteiger partial charge < -0.3 is 10.2 Å². The van der Waals surface area contributed by atoms with Gasteiger partial charge in [0.05, 0.1) is 0 Å². The summed E-state index contributed by atoms with van der Waals surface area (Å²) in [5.74, 6) is 0. The van der Waals surface area contributed by atoms with Crippen molar-refractivity contribution in [2.45, 2.75) is 19.9 Å². The molecular weight excluding hydrogens is 173 g/mol. The third-order valence-corrected chi connectivity index (χ3v) is 1.22. The monoisotopic (exact) mass is 181 g/mol. The fourth-order valence-corrected chi connectivity index (χ4v) is 0.936. The van der Waals surface area contributed by atoms with Crippen molar-refractivity contribution < 1.29 is 14.0 Å². The molecule has 1 atom stereocenters. The Morgan fingerprint density at radius 3 is 2.60 bits per heavy atom. The average molecular weight is 181 g/mol. The molecule has 0 aromatic carbocycles. The lowest BCUT2D eigenvalue weighted by Gasteiger charge is -2.04. The summed E-state index contributed by atoms with van der Waals surface area (Å²) in [4.78, 5) is 9.88. The Hall–Kier alpha value is -0.250. The van der Waals surface area contributed by atoms with Gasteiger partial charge in [-0.1, -0.05) is 0 Å². The minimum atomic E-state index is -2.87. The predicted molar refractivity (Wildman–Crippen MR) is 39.6 cm³/mol. The molecule has 58 valence electrons. The summed E-state index contributed by atoms with van der Waals surface area (Å²) in [5.41, 5.74) is 0. The van der Waals surface area contributed by atoms with Crippen LogP contribution in [-0.2, 0) is 9.09 Å². The van der Waals surface area contributed by atoms with E-state index in [0.717, 1.165) is 0 Å². The zero-order valence-electron chi connectivity index (χ0n) is 5.66. The number of hydrogen-bond acceptors (Lipinski definition) is 4. The number of nitrogens with one attached hydrogen (secondary N) is 1. The van der Waals surface area contributed by atoms with Crippen LogP contribution in [0.15, 0.2) is 0 Å². The van der Waals surface area contributed by atoms with Crippen molar-refractivity contribution in [2.75, 3.05) is 0 Å². The van der Waals surface area contributed by atoms with Gasteiger partial charge in [0.15, 0.2) is 0 Å². The molecule has 0 rings (SSSR count). The van der Waals surface area contributed by atoms with Crippen LogP contribution in [0.3, 0.4) is 0 Å². The minimum absolute atomic E-state index is 0.0856. The van der Waals surface area contributed by atoms with E-state index in [0.29, 0.717) is 0 Å². The zero-order chi connectivity index (χ0) is 8.15. The molecule has 4 nitrogen and oxygen atoms in total. The molecule has 0 aromatic rings. The molecule has 6 heteroatoms. The second-order valence-electron chi connectivity index (χ2n) is 1.90. The maximum atomic E-state index is 9.88. The van der Waals surface area contributed by atoms with Crippen LogP contribution in [0.4, 0.5) is 0 Å². The van der Waals surface area contributed by atoms with E-state index in [2.05, 4.69) is 22.1 Å². The topological polar surface area (TPSA) is 61.4 Å². The smallest absolute Gasteiger partial charge is 0.541 e. The van der Waals surface area contributed by atoms with Crippen LogP contribution >= 0.6 is 20.5 Å². The van der Waals surface area contributed by atoms with Gasteiger partial charge in [0.2, 0.25) is 0 Å². The van der Waals surface area contributed by atoms with Gasteiger partial charge in [-0.3, -0.25) is 0 Å². The van der Waals surface area contributed by atoms with Crippen LogP contribution in [0, 0.1) is 0 Å². The van der Waals surface area contributed by atoms with Crippen LogP contribution in [0.2, 0.25) is 0 Å². The average Bonchev–Trinajstić information content (AvgIpc) is 1.58. The van der Waals surface area contributed by atoms with E-state index in [1.807, 2.05) is 13.8 Å². The summed E-state index contributed by atoms with van der Waals surface area (Å²) >= 11 is 4.49. The van der Waals surface area contributed by atoms with Gasteiger partial charge in [0.1, 0.15) is 0 Å². The van der Waals surface area contributed by atoms with Crippen LogP contribution in [0.25, 0.3) is 0 Å². The van der Waals surface area contributed by atoms with E-state index < -0.39 is 8.25 Å². The van der Waals surface area contributed by atoms with E-state index >= 15 is 0 Å². The molecule has 0 saturated carbocycles. The molecule has 1 unspecified atom stereocenters. The molecule has 0 heterocycles. The number of hydrogen-bond donors (Lipinski definition) is 1. The molecule has 0 spiro atoms. The van der Waals surface area contributed by atoms with Gasteiger partial charge in [0.25, 0.3) is 0 Å². The van der Waals surface area contributed by atoms with Crippen molar-refractivity contribution in [3.05, 3.63) is 0 Å². The summed E-state index contributed by atoms with van der Waals surface area (Å²) in [5, 5.41) is 2.49. The lowest BCUT2D eigenvalue weighted by Crippen LogP contribution is -2.29. The van der Waals surface area contributed by atoms with Gasteiger partial charge in [-0.25, -0.2) is 4.52 Å². The van der Waals surface area contributed by atoms with Crippen molar-refractivity contribution in [1.29, 1.82) is 0 Å². The largest absolute Gasteiger partial charge is 0.558 e. The molecule has 0 saturated heterocycles. The maximum Gasteiger partial charge on any atom is 0.541 e. The van der Waals surface area contributed by atoms with Crippen molar-refractivity contribution in [2.24, 2.45) is 0 Å². The molecular formula is C4H8NO3PS. The Morgan fingerprint density at radius 1 is 1.80 bits per heavy atom. The lowest BCUT2D eigenvalue weighted by molar-refractivity contribution is -0.179.